The van der Waals surface area contributed by atoms with Crippen molar-refractivity contribution in [3.8, 4) is 0 Å². The van der Waals surface area contributed by atoms with Crippen molar-refractivity contribution >= 4 is 33.1 Å². The quantitative estimate of drug-likeness (QED) is 0.672. The van der Waals surface area contributed by atoms with Crippen LogP contribution in [-0.4, -0.2) is 49.8 Å². The van der Waals surface area contributed by atoms with Crippen LogP contribution in [-0.2, 0) is 14.8 Å². The molecule has 0 bridgehead atoms. The summed E-state index contributed by atoms with van der Waals surface area (Å²) in [6.07, 6.45) is 3.93. The van der Waals surface area contributed by atoms with Gasteiger partial charge in [-0.1, -0.05) is 12.5 Å². The maximum Gasteiger partial charge on any atom is 0.220 e. The van der Waals surface area contributed by atoms with Crippen LogP contribution in [0, 0.1) is 0 Å². The number of hydrogen-bond donors (Lipinski definition) is 1. The first-order chi connectivity index (χ1) is 11.5. The molecule has 24 heavy (non-hydrogen) atoms. The molecule has 2 heterocycles. The van der Waals surface area contributed by atoms with Crippen molar-refractivity contribution in [3.63, 3.8) is 0 Å². The van der Waals surface area contributed by atoms with E-state index in [1.165, 1.54) is 15.6 Å². The molecular weight excluding hydrogens is 348 g/mol. The molecule has 1 aliphatic heterocycles. The maximum atomic E-state index is 12.1. The smallest absolute Gasteiger partial charge is 0.220 e. The van der Waals surface area contributed by atoms with Gasteiger partial charge in [-0.2, -0.15) is 0 Å². The molecule has 134 valence electrons. The van der Waals surface area contributed by atoms with Crippen LogP contribution in [0.1, 0.15) is 48.2 Å². The maximum absolute atomic E-state index is 12.1. The van der Waals surface area contributed by atoms with Gasteiger partial charge >= 0.3 is 0 Å². The molecule has 0 aliphatic carbocycles. The minimum atomic E-state index is -3.28. The number of nitrogens with one attached hydrogen (secondary N) is 1. The number of hydrogen-bond acceptors (Lipinski definition) is 5. The molecule has 1 fully saturated rings. The summed E-state index contributed by atoms with van der Waals surface area (Å²) in [6, 6.07) is 3.60. The lowest BCUT2D eigenvalue weighted by Crippen LogP contribution is -2.40. The molecule has 1 aliphatic rings. The third-order valence-corrected chi connectivity index (χ3v) is 6.78. The van der Waals surface area contributed by atoms with Crippen molar-refractivity contribution in [2.75, 3.05) is 25.4 Å². The Morgan fingerprint density at radius 2 is 1.92 bits per heavy atom. The van der Waals surface area contributed by atoms with E-state index in [0.717, 1.165) is 19.3 Å². The molecule has 2 rings (SSSR count). The zero-order valence-electron chi connectivity index (χ0n) is 13.7. The molecule has 6 nitrogen and oxygen atoms in total. The molecule has 0 unspecified atom stereocenters. The molecule has 0 atom stereocenters. The van der Waals surface area contributed by atoms with E-state index in [-0.39, 0.29) is 30.4 Å². The molecule has 0 aromatic carbocycles. The minimum absolute atomic E-state index is 0.0467. The Balaban J connectivity index is 1.61. The molecule has 1 aromatic heterocycles. The van der Waals surface area contributed by atoms with Gasteiger partial charge in [-0.25, -0.2) is 12.7 Å². The van der Waals surface area contributed by atoms with E-state index >= 15 is 0 Å². The summed E-state index contributed by atoms with van der Waals surface area (Å²) in [5.41, 5.74) is 0. The van der Waals surface area contributed by atoms with Gasteiger partial charge < -0.3 is 5.32 Å². The molecule has 0 saturated carbocycles. The van der Waals surface area contributed by atoms with Gasteiger partial charge in [0.15, 0.2) is 5.78 Å². The lowest BCUT2D eigenvalue weighted by atomic mass is 10.1. The number of rotatable bonds is 9. The van der Waals surface area contributed by atoms with E-state index in [1.807, 2.05) is 11.4 Å². The molecule has 8 heteroatoms. The molecule has 1 aromatic rings. The fourth-order valence-electron chi connectivity index (χ4n) is 2.65. The predicted octanol–water partition coefficient (Wildman–Crippen LogP) is 2.03. The van der Waals surface area contributed by atoms with Crippen LogP contribution in [0.5, 0.6) is 0 Å². The van der Waals surface area contributed by atoms with E-state index in [4.69, 9.17) is 0 Å². The summed E-state index contributed by atoms with van der Waals surface area (Å²) in [5.74, 6) is -0.222. The number of Topliss-reactive ketones (excluding diaryl/α,β-unsaturated/α-hetero) is 1. The average Bonchev–Trinajstić information content (AvgIpc) is 3.10. The van der Waals surface area contributed by atoms with Gasteiger partial charge in [-0.05, 0) is 30.7 Å². The Labute approximate surface area is 147 Å². The number of nitrogens with zero attached hydrogens (tertiary/aromatic N) is 1. The highest BCUT2D eigenvalue weighted by Crippen LogP contribution is 2.14. The topological polar surface area (TPSA) is 83.5 Å². The SMILES string of the molecule is O=C(CCCC(=O)c1cccs1)NCCS(=O)(=O)N1CCCCC1. The average molecular weight is 373 g/mol. The van der Waals surface area contributed by atoms with Crippen LogP contribution in [0.4, 0.5) is 0 Å². The fraction of sp³-hybridized carbons (Fsp3) is 0.625. The van der Waals surface area contributed by atoms with Gasteiger partial charge in [0.25, 0.3) is 0 Å². The van der Waals surface area contributed by atoms with Crippen LogP contribution in [0.25, 0.3) is 0 Å². The third-order valence-electron chi connectivity index (χ3n) is 3.99. The summed E-state index contributed by atoms with van der Waals surface area (Å²) in [7, 11) is -3.28. The standard InChI is InChI=1S/C16H24N2O4S2/c19-14(15-7-5-12-23-15)6-4-8-16(20)17-9-13-24(21,22)18-10-2-1-3-11-18/h5,7,12H,1-4,6,8-11,13H2,(H,17,20). The van der Waals surface area contributed by atoms with Crippen LogP contribution in [0.15, 0.2) is 17.5 Å². The second-order valence-corrected chi connectivity index (χ2v) is 8.92. The summed E-state index contributed by atoms with van der Waals surface area (Å²) in [4.78, 5) is 24.3. The van der Waals surface area contributed by atoms with Gasteiger partial charge in [-0.15, -0.1) is 11.3 Å². The van der Waals surface area contributed by atoms with E-state index in [2.05, 4.69) is 5.32 Å². The second-order valence-electron chi connectivity index (χ2n) is 5.88. The van der Waals surface area contributed by atoms with Crippen LogP contribution >= 0.6 is 11.3 Å². The number of ketones is 1. The first-order valence-electron chi connectivity index (χ1n) is 8.30. The molecule has 0 spiro atoms. The second kappa shape index (κ2) is 9.29. The van der Waals surface area contributed by atoms with Gasteiger partial charge in [0, 0.05) is 32.5 Å². The van der Waals surface area contributed by atoms with Crippen molar-refractivity contribution in [1.82, 2.24) is 9.62 Å². The molecule has 0 radical (unpaired) electrons. The van der Waals surface area contributed by atoms with E-state index in [1.54, 1.807) is 6.07 Å². The highest BCUT2D eigenvalue weighted by molar-refractivity contribution is 7.89. The Hall–Kier alpha value is -1.25. The minimum Gasteiger partial charge on any atom is -0.355 e. The van der Waals surface area contributed by atoms with Crippen LogP contribution in [0.3, 0.4) is 0 Å². The monoisotopic (exact) mass is 372 g/mol. The molecule has 1 amide bonds. The zero-order chi connectivity index (χ0) is 17.4. The number of sulfonamides is 1. The zero-order valence-corrected chi connectivity index (χ0v) is 15.3. The normalized spacial score (nSPS) is 16.0. The Kier molecular flexibility index (Phi) is 7.39. The summed E-state index contributed by atoms with van der Waals surface area (Å²) in [6.45, 7) is 1.29. The summed E-state index contributed by atoms with van der Waals surface area (Å²) in [5, 5.41) is 4.48. The third kappa shape index (κ3) is 5.99. The van der Waals surface area contributed by atoms with Gasteiger partial charge in [-0.3, -0.25) is 9.59 Å². The van der Waals surface area contributed by atoms with Crippen molar-refractivity contribution < 1.29 is 18.0 Å². The number of piperidine rings is 1. The largest absolute Gasteiger partial charge is 0.355 e. The number of carbonyl (C=O) groups is 2. The number of carbonyl (C=O) groups excluding carboxylic acids is 2. The fourth-order valence-corrected chi connectivity index (χ4v) is 4.78. The van der Waals surface area contributed by atoms with Gasteiger partial charge in [0.1, 0.15) is 0 Å². The first-order valence-corrected chi connectivity index (χ1v) is 10.8. The van der Waals surface area contributed by atoms with Crippen LogP contribution in [0.2, 0.25) is 0 Å². The highest BCUT2D eigenvalue weighted by atomic mass is 32.2. The summed E-state index contributed by atoms with van der Waals surface area (Å²) < 4.78 is 25.8. The van der Waals surface area contributed by atoms with Crippen molar-refractivity contribution in [2.45, 2.75) is 38.5 Å². The molecule has 1 saturated heterocycles. The van der Waals surface area contributed by atoms with Crippen molar-refractivity contribution in [1.29, 1.82) is 0 Å². The van der Waals surface area contributed by atoms with Crippen LogP contribution < -0.4 is 5.32 Å². The number of thiophene rings is 1. The van der Waals surface area contributed by atoms with E-state index in [0.29, 0.717) is 30.8 Å². The first kappa shape index (κ1) is 19.1. The molecule has 1 N–H and O–H groups in total. The number of amides is 1. The Bertz CT molecular complexity index is 635. The molecular formula is C16H24N2O4S2. The Morgan fingerprint density at radius 3 is 2.58 bits per heavy atom. The van der Waals surface area contributed by atoms with E-state index in [9.17, 15) is 18.0 Å². The van der Waals surface area contributed by atoms with Crippen molar-refractivity contribution in [2.24, 2.45) is 0 Å². The van der Waals surface area contributed by atoms with Gasteiger partial charge in [0.05, 0.1) is 10.6 Å². The Morgan fingerprint density at radius 1 is 1.17 bits per heavy atom. The lowest BCUT2D eigenvalue weighted by molar-refractivity contribution is -0.121. The lowest BCUT2D eigenvalue weighted by Gasteiger charge is -2.25. The highest BCUT2D eigenvalue weighted by Gasteiger charge is 2.23. The summed E-state index contributed by atoms with van der Waals surface area (Å²) >= 11 is 1.40. The van der Waals surface area contributed by atoms with Crippen molar-refractivity contribution in [3.05, 3.63) is 22.4 Å². The van der Waals surface area contributed by atoms with E-state index < -0.39 is 10.0 Å². The predicted molar refractivity (Wildman–Crippen MR) is 94.7 cm³/mol. The van der Waals surface area contributed by atoms with Gasteiger partial charge in [0.2, 0.25) is 15.9 Å².